The monoisotopic (exact) mass is 318 g/mol. The second-order valence-corrected chi connectivity index (χ2v) is 5.45. The Hall–Kier alpha value is -1.94. The van der Waals surface area contributed by atoms with Crippen molar-refractivity contribution in [3.8, 4) is 0 Å². The van der Waals surface area contributed by atoms with Crippen LogP contribution < -0.4 is 0 Å². The van der Waals surface area contributed by atoms with E-state index in [0.29, 0.717) is 17.1 Å². The van der Waals surface area contributed by atoms with Crippen molar-refractivity contribution in [2.75, 3.05) is 7.11 Å². The van der Waals surface area contributed by atoms with Gasteiger partial charge in [0.1, 0.15) is 11.0 Å². The van der Waals surface area contributed by atoms with Gasteiger partial charge in [0.2, 0.25) is 0 Å². The number of nitrogens with zero attached hydrogens (tertiary/aromatic N) is 2. The predicted octanol–water partition coefficient (Wildman–Crippen LogP) is 3.85. The van der Waals surface area contributed by atoms with Crippen LogP contribution in [0.1, 0.15) is 47.2 Å². The molecule has 0 saturated heterocycles. The van der Waals surface area contributed by atoms with E-state index in [-0.39, 0.29) is 5.97 Å². The Morgan fingerprint density at radius 3 is 2.59 bits per heavy atom. The Balaban J connectivity index is 2.12. The number of carbonyl (C=O) groups is 1. The molecule has 0 bridgehead atoms. The highest BCUT2D eigenvalue weighted by Crippen LogP contribution is 2.14. The van der Waals surface area contributed by atoms with Crippen LogP contribution in [0, 0.1) is 0 Å². The van der Waals surface area contributed by atoms with Crippen LogP contribution in [0.25, 0.3) is 0 Å². The summed E-state index contributed by atoms with van der Waals surface area (Å²) >= 11 is 6.07. The highest BCUT2D eigenvalue weighted by molar-refractivity contribution is 6.29. The lowest BCUT2D eigenvalue weighted by atomic mass is 10.1. The van der Waals surface area contributed by atoms with E-state index in [4.69, 9.17) is 11.6 Å². The average molecular weight is 319 g/mol. The third kappa shape index (κ3) is 4.53. The summed E-state index contributed by atoms with van der Waals surface area (Å²) in [7, 11) is 1.37. The van der Waals surface area contributed by atoms with E-state index < -0.39 is 0 Å². The summed E-state index contributed by atoms with van der Waals surface area (Å²) in [5, 5.41) is 0.474. The van der Waals surface area contributed by atoms with Crippen LogP contribution in [0.15, 0.2) is 30.3 Å². The third-order valence-corrected chi connectivity index (χ3v) is 3.50. The van der Waals surface area contributed by atoms with Gasteiger partial charge in [-0.1, -0.05) is 37.1 Å². The molecule has 0 aliphatic rings. The number of aryl methyl sites for hydroxylation is 1. The molecular weight excluding hydrogens is 300 g/mol. The second kappa shape index (κ2) is 7.90. The van der Waals surface area contributed by atoms with Gasteiger partial charge in [-0.15, -0.1) is 0 Å². The number of benzene rings is 1. The van der Waals surface area contributed by atoms with Gasteiger partial charge in [0, 0.05) is 18.5 Å². The molecule has 1 aromatic heterocycles. The van der Waals surface area contributed by atoms with Crippen LogP contribution in [0.2, 0.25) is 5.15 Å². The molecule has 0 atom stereocenters. The first kappa shape index (κ1) is 16.4. The number of hydrogen-bond acceptors (Lipinski definition) is 4. The van der Waals surface area contributed by atoms with Gasteiger partial charge in [-0.2, -0.15) is 0 Å². The minimum Gasteiger partial charge on any atom is -0.465 e. The van der Waals surface area contributed by atoms with Crippen LogP contribution >= 0.6 is 11.6 Å². The summed E-state index contributed by atoms with van der Waals surface area (Å²) in [6, 6.07) is 9.08. The molecule has 0 aliphatic carbocycles. The zero-order chi connectivity index (χ0) is 15.9. The first-order valence-corrected chi connectivity index (χ1v) is 7.69. The Labute approximate surface area is 135 Å². The smallest absolute Gasteiger partial charge is 0.337 e. The number of carbonyl (C=O) groups excluding carboxylic acids is 1. The van der Waals surface area contributed by atoms with Gasteiger partial charge in [-0.25, -0.2) is 14.8 Å². The molecule has 0 spiro atoms. The standard InChI is InChI=1S/C17H19ClN2O2/c1-3-4-5-16-19-14(11-15(18)20-16)10-12-6-8-13(9-7-12)17(21)22-2/h6-9,11H,3-5,10H2,1-2H3. The van der Waals surface area contributed by atoms with Gasteiger partial charge >= 0.3 is 5.97 Å². The van der Waals surface area contributed by atoms with Crippen molar-refractivity contribution in [3.05, 3.63) is 58.1 Å². The molecule has 0 fully saturated rings. The molecule has 1 heterocycles. The van der Waals surface area contributed by atoms with Crippen LogP contribution in [-0.2, 0) is 17.6 Å². The Morgan fingerprint density at radius 1 is 1.23 bits per heavy atom. The lowest BCUT2D eigenvalue weighted by Gasteiger charge is -2.06. The number of halogens is 1. The average Bonchev–Trinajstić information content (AvgIpc) is 2.52. The van der Waals surface area contributed by atoms with Crippen LogP contribution in [0.5, 0.6) is 0 Å². The number of ether oxygens (including phenoxy) is 1. The number of rotatable bonds is 6. The van der Waals surface area contributed by atoms with E-state index in [0.717, 1.165) is 36.3 Å². The van der Waals surface area contributed by atoms with Crippen LogP contribution in [0.4, 0.5) is 0 Å². The number of unbranched alkanes of at least 4 members (excludes halogenated alkanes) is 1. The normalized spacial score (nSPS) is 10.5. The molecule has 0 saturated carbocycles. The van der Waals surface area contributed by atoms with Gasteiger partial charge in [-0.05, 0) is 30.2 Å². The maximum atomic E-state index is 11.4. The molecule has 4 nitrogen and oxygen atoms in total. The number of methoxy groups -OCH3 is 1. The molecule has 116 valence electrons. The van der Waals surface area contributed by atoms with Gasteiger partial charge in [0.15, 0.2) is 0 Å². The topological polar surface area (TPSA) is 52.1 Å². The van der Waals surface area contributed by atoms with Crippen molar-refractivity contribution in [1.82, 2.24) is 9.97 Å². The lowest BCUT2D eigenvalue weighted by molar-refractivity contribution is 0.0600. The minimum absolute atomic E-state index is 0.335. The summed E-state index contributed by atoms with van der Waals surface area (Å²) in [5.41, 5.74) is 2.48. The molecule has 2 rings (SSSR count). The predicted molar refractivity (Wildman–Crippen MR) is 86.2 cm³/mol. The number of hydrogen-bond donors (Lipinski definition) is 0. The highest BCUT2D eigenvalue weighted by Gasteiger charge is 2.07. The SMILES string of the molecule is CCCCc1nc(Cl)cc(Cc2ccc(C(=O)OC)cc2)n1. The molecule has 0 amide bonds. The Kier molecular flexibility index (Phi) is 5.90. The third-order valence-electron chi connectivity index (χ3n) is 3.31. The summed E-state index contributed by atoms with van der Waals surface area (Å²) < 4.78 is 4.69. The molecule has 0 aliphatic heterocycles. The van der Waals surface area contributed by atoms with E-state index >= 15 is 0 Å². The van der Waals surface area contributed by atoms with E-state index in [1.54, 1.807) is 18.2 Å². The molecule has 2 aromatic rings. The molecule has 0 N–H and O–H groups in total. The van der Waals surface area contributed by atoms with Crippen molar-refractivity contribution in [2.24, 2.45) is 0 Å². The Bertz CT molecular complexity index is 642. The first-order chi connectivity index (χ1) is 10.6. The van der Waals surface area contributed by atoms with E-state index in [1.807, 2.05) is 12.1 Å². The molecule has 5 heteroatoms. The fourth-order valence-corrected chi connectivity index (χ4v) is 2.36. The van der Waals surface area contributed by atoms with Crippen LogP contribution in [0.3, 0.4) is 0 Å². The number of aromatic nitrogens is 2. The van der Waals surface area contributed by atoms with Crippen LogP contribution in [-0.4, -0.2) is 23.0 Å². The van der Waals surface area contributed by atoms with Crippen molar-refractivity contribution in [1.29, 1.82) is 0 Å². The fourth-order valence-electron chi connectivity index (χ4n) is 2.14. The molecule has 0 unspecified atom stereocenters. The molecular formula is C17H19ClN2O2. The number of esters is 1. The largest absolute Gasteiger partial charge is 0.465 e. The van der Waals surface area contributed by atoms with Gasteiger partial charge < -0.3 is 4.74 Å². The van der Waals surface area contributed by atoms with E-state index in [9.17, 15) is 4.79 Å². The fraction of sp³-hybridized carbons (Fsp3) is 0.353. The van der Waals surface area contributed by atoms with Crippen molar-refractivity contribution in [3.63, 3.8) is 0 Å². The first-order valence-electron chi connectivity index (χ1n) is 7.32. The Morgan fingerprint density at radius 2 is 1.95 bits per heavy atom. The second-order valence-electron chi connectivity index (χ2n) is 5.07. The van der Waals surface area contributed by atoms with E-state index in [1.165, 1.54) is 7.11 Å². The van der Waals surface area contributed by atoms with Gasteiger partial charge in [0.05, 0.1) is 12.7 Å². The van der Waals surface area contributed by atoms with Gasteiger partial charge in [-0.3, -0.25) is 0 Å². The van der Waals surface area contributed by atoms with Gasteiger partial charge in [0.25, 0.3) is 0 Å². The zero-order valence-electron chi connectivity index (χ0n) is 12.8. The van der Waals surface area contributed by atoms with Crippen molar-refractivity contribution >= 4 is 17.6 Å². The summed E-state index contributed by atoms with van der Waals surface area (Å²) in [5.74, 6) is 0.453. The maximum absolute atomic E-state index is 11.4. The minimum atomic E-state index is -0.335. The van der Waals surface area contributed by atoms with Crippen molar-refractivity contribution < 1.29 is 9.53 Å². The lowest BCUT2D eigenvalue weighted by Crippen LogP contribution is -2.03. The van der Waals surface area contributed by atoms with Crippen molar-refractivity contribution in [2.45, 2.75) is 32.6 Å². The molecule has 1 aromatic carbocycles. The summed E-state index contributed by atoms with van der Waals surface area (Å²) in [6.07, 6.45) is 3.64. The summed E-state index contributed by atoms with van der Waals surface area (Å²) in [4.78, 5) is 20.2. The zero-order valence-corrected chi connectivity index (χ0v) is 13.6. The maximum Gasteiger partial charge on any atom is 0.337 e. The molecule has 22 heavy (non-hydrogen) atoms. The molecule has 0 radical (unpaired) electrons. The highest BCUT2D eigenvalue weighted by atomic mass is 35.5. The van der Waals surface area contributed by atoms with E-state index in [2.05, 4.69) is 21.6 Å². The quantitative estimate of drug-likeness (QED) is 0.599. The summed E-state index contributed by atoms with van der Waals surface area (Å²) in [6.45, 7) is 2.13.